The fourth-order valence-corrected chi connectivity index (χ4v) is 1.31. The van der Waals surface area contributed by atoms with E-state index in [2.05, 4.69) is 19.9 Å². The lowest BCUT2D eigenvalue weighted by Gasteiger charge is -2.19. The molecule has 0 saturated carbocycles. The second-order valence-electron chi connectivity index (χ2n) is 3.76. The summed E-state index contributed by atoms with van der Waals surface area (Å²) in [6, 6.07) is 0.382. The zero-order chi connectivity index (χ0) is 8.97. The predicted octanol–water partition coefficient (Wildman–Crippen LogP) is 1.85. The smallest absolute Gasteiger partial charge is 0.0680 e. The molecule has 0 aromatic rings. The van der Waals surface area contributed by atoms with Crippen molar-refractivity contribution in [2.75, 3.05) is 6.61 Å². The van der Waals surface area contributed by atoms with Gasteiger partial charge < -0.3 is 10.5 Å². The molecule has 2 N–H and O–H groups in total. The number of nitrogens with two attached hydrogens (primary N) is 1. The van der Waals surface area contributed by atoms with Gasteiger partial charge in [-0.3, -0.25) is 0 Å². The molecule has 1 aliphatic carbocycles. The van der Waals surface area contributed by atoms with Crippen molar-refractivity contribution in [1.29, 1.82) is 0 Å². The van der Waals surface area contributed by atoms with Crippen LogP contribution in [0.15, 0.2) is 11.6 Å². The van der Waals surface area contributed by atoms with Crippen LogP contribution in [0.2, 0.25) is 0 Å². The fourth-order valence-electron chi connectivity index (χ4n) is 1.31. The number of rotatable bonds is 3. The lowest BCUT2D eigenvalue weighted by molar-refractivity contribution is 0.0948. The van der Waals surface area contributed by atoms with Crippen molar-refractivity contribution >= 4 is 0 Å². The van der Waals surface area contributed by atoms with E-state index in [9.17, 15) is 0 Å². The van der Waals surface area contributed by atoms with Gasteiger partial charge in [-0.05, 0) is 38.7 Å². The highest BCUT2D eigenvalue weighted by molar-refractivity contribution is 5.07. The minimum absolute atomic E-state index is 0.335. The van der Waals surface area contributed by atoms with E-state index < -0.39 is 0 Å². The van der Waals surface area contributed by atoms with Gasteiger partial charge in [-0.15, -0.1) is 0 Å². The molecule has 0 aromatic carbocycles. The molecule has 12 heavy (non-hydrogen) atoms. The Labute approximate surface area is 74.8 Å². The van der Waals surface area contributed by atoms with Crippen LogP contribution in [0, 0.1) is 0 Å². The number of ether oxygens (including phenoxy) is 1. The quantitative estimate of drug-likeness (QED) is 0.654. The number of hydrogen-bond donors (Lipinski definition) is 1. The Kier molecular flexibility index (Phi) is 3.76. The van der Waals surface area contributed by atoms with Crippen molar-refractivity contribution in [3.05, 3.63) is 11.6 Å². The molecule has 1 atom stereocenters. The molecule has 70 valence electrons. The van der Waals surface area contributed by atoms with Gasteiger partial charge in [-0.2, -0.15) is 0 Å². The van der Waals surface area contributed by atoms with Gasteiger partial charge in [0.1, 0.15) is 0 Å². The summed E-state index contributed by atoms with van der Waals surface area (Å²) in [4.78, 5) is 0. The lowest BCUT2D eigenvalue weighted by Crippen LogP contribution is -2.22. The van der Waals surface area contributed by atoms with Crippen molar-refractivity contribution in [2.45, 2.75) is 45.3 Å². The second kappa shape index (κ2) is 4.63. The minimum Gasteiger partial charge on any atom is -0.374 e. The van der Waals surface area contributed by atoms with Crippen LogP contribution < -0.4 is 5.73 Å². The van der Waals surface area contributed by atoms with Crippen molar-refractivity contribution in [3.63, 3.8) is 0 Å². The molecule has 0 spiro atoms. The van der Waals surface area contributed by atoms with E-state index in [-0.39, 0.29) is 0 Å². The normalized spacial score (nSPS) is 24.3. The van der Waals surface area contributed by atoms with Gasteiger partial charge in [-0.25, -0.2) is 0 Å². The Balaban J connectivity index is 2.24. The standard InChI is InChI=1S/C10H19NO/c1-8(2)12-7-9-3-5-10(11)6-4-9/h3,8,10H,4-7,11H2,1-2H3. The fraction of sp³-hybridized carbons (Fsp3) is 0.800. The maximum absolute atomic E-state index is 5.77. The van der Waals surface area contributed by atoms with Crippen molar-refractivity contribution in [1.82, 2.24) is 0 Å². The van der Waals surface area contributed by atoms with E-state index in [0.29, 0.717) is 12.1 Å². The van der Waals surface area contributed by atoms with Crippen LogP contribution in [0.1, 0.15) is 33.1 Å². The van der Waals surface area contributed by atoms with Gasteiger partial charge in [0.05, 0.1) is 12.7 Å². The Morgan fingerprint density at radius 2 is 2.42 bits per heavy atom. The molecule has 0 aliphatic heterocycles. The first kappa shape index (κ1) is 9.75. The predicted molar refractivity (Wildman–Crippen MR) is 51.0 cm³/mol. The van der Waals surface area contributed by atoms with Crippen LogP contribution in [0.4, 0.5) is 0 Å². The molecule has 0 fully saturated rings. The van der Waals surface area contributed by atoms with Gasteiger partial charge in [-0.1, -0.05) is 6.08 Å². The van der Waals surface area contributed by atoms with E-state index in [0.717, 1.165) is 25.9 Å². The molecule has 0 amide bonds. The summed E-state index contributed by atoms with van der Waals surface area (Å²) in [5.74, 6) is 0. The maximum atomic E-state index is 5.77. The average molecular weight is 169 g/mol. The van der Waals surface area contributed by atoms with Gasteiger partial charge >= 0.3 is 0 Å². The molecular weight excluding hydrogens is 150 g/mol. The highest BCUT2D eigenvalue weighted by Crippen LogP contribution is 2.17. The van der Waals surface area contributed by atoms with Crippen molar-refractivity contribution < 1.29 is 4.74 Å². The summed E-state index contributed by atoms with van der Waals surface area (Å²) in [7, 11) is 0. The van der Waals surface area contributed by atoms with Gasteiger partial charge in [0.25, 0.3) is 0 Å². The Bertz CT molecular complexity index is 163. The van der Waals surface area contributed by atoms with E-state index in [1.165, 1.54) is 5.57 Å². The van der Waals surface area contributed by atoms with Crippen LogP contribution in [0.3, 0.4) is 0 Å². The first-order chi connectivity index (χ1) is 5.68. The van der Waals surface area contributed by atoms with Crippen LogP contribution in [0.5, 0.6) is 0 Å². The lowest BCUT2D eigenvalue weighted by atomic mass is 9.96. The summed E-state index contributed by atoms with van der Waals surface area (Å²) < 4.78 is 5.51. The largest absolute Gasteiger partial charge is 0.374 e. The summed E-state index contributed by atoms with van der Waals surface area (Å²) in [5.41, 5.74) is 7.19. The SMILES string of the molecule is CC(C)OCC1=CCC(N)CC1. The monoisotopic (exact) mass is 169 g/mol. The van der Waals surface area contributed by atoms with E-state index in [1.54, 1.807) is 0 Å². The first-order valence-corrected chi connectivity index (χ1v) is 4.73. The number of hydrogen-bond acceptors (Lipinski definition) is 2. The molecule has 1 aliphatic rings. The summed E-state index contributed by atoms with van der Waals surface area (Å²) in [5, 5.41) is 0. The van der Waals surface area contributed by atoms with E-state index in [1.807, 2.05) is 0 Å². The molecular formula is C10H19NO. The molecule has 0 bridgehead atoms. The van der Waals surface area contributed by atoms with Gasteiger partial charge in [0.2, 0.25) is 0 Å². The van der Waals surface area contributed by atoms with Crippen molar-refractivity contribution in [3.8, 4) is 0 Å². The molecule has 1 rings (SSSR count). The zero-order valence-corrected chi connectivity index (χ0v) is 8.05. The van der Waals surface area contributed by atoms with Crippen molar-refractivity contribution in [2.24, 2.45) is 5.73 Å². The van der Waals surface area contributed by atoms with E-state index >= 15 is 0 Å². The molecule has 1 unspecified atom stereocenters. The zero-order valence-electron chi connectivity index (χ0n) is 8.05. The molecule has 2 heteroatoms. The highest BCUT2D eigenvalue weighted by atomic mass is 16.5. The second-order valence-corrected chi connectivity index (χ2v) is 3.76. The Morgan fingerprint density at radius 1 is 1.67 bits per heavy atom. The average Bonchev–Trinajstić information content (AvgIpc) is 2.03. The third-order valence-corrected chi connectivity index (χ3v) is 2.15. The minimum atomic E-state index is 0.335. The first-order valence-electron chi connectivity index (χ1n) is 4.73. The van der Waals surface area contributed by atoms with Gasteiger partial charge in [0.15, 0.2) is 0 Å². The van der Waals surface area contributed by atoms with Crippen LogP contribution in [-0.2, 0) is 4.74 Å². The van der Waals surface area contributed by atoms with Crippen LogP contribution in [0.25, 0.3) is 0 Å². The summed E-state index contributed by atoms with van der Waals surface area (Å²) in [6.07, 6.45) is 5.83. The molecule has 0 heterocycles. The maximum Gasteiger partial charge on any atom is 0.0680 e. The third kappa shape index (κ3) is 3.37. The Morgan fingerprint density at radius 3 is 2.92 bits per heavy atom. The van der Waals surface area contributed by atoms with Gasteiger partial charge in [0, 0.05) is 6.04 Å². The van der Waals surface area contributed by atoms with Crippen LogP contribution in [-0.4, -0.2) is 18.8 Å². The van der Waals surface area contributed by atoms with Crippen LogP contribution >= 0.6 is 0 Å². The molecule has 2 nitrogen and oxygen atoms in total. The Hall–Kier alpha value is -0.340. The summed E-state index contributed by atoms with van der Waals surface area (Å²) in [6.45, 7) is 4.93. The third-order valence-electron chi connectivity index (χ3n) is 2.15. The summed E-state index contributed by atoms with van der Waals surface area (Å²) >= 11 is 0. The molecule has 0 aromatic heterocycles. The highest BCUT2D eigenvalue weighted by Gasteiger charge is 2.10. The molecule has 0 radical (unpaired) electrons. The van der Waals surface area contributed by atoms with E-state index in [4.69, 9.17) is 10.5 Å². The topological polar surface area (TPSA) is 35.2 Å². The molecule has 0 saturated heterocycles.